The van der Waals surface area contributed by atoms with Crippen molar-refractivity contribution in [3.05, 3.63) is 0 Å². The molecule has 0 amide bonds. The topological polar surface area (TPSA) is 118 Å². The van der Waals surface area contributed by atoms with Crippen molar-refractivity contribution in [2.45, 2.75) is 6.92 Å². The van der Waals surface area contributed by atoms with E-state index in [1.165, 1.54) is 0 Å². The summed E-state index contributed by atoms with van der Waals surface area (Å²) < 4.78 is 0. The van der Waals surface area contributed by atoms with Gasteiger partial charge in [-0.25, -0.2) is 0 Å². The molecule has 5 heteroatoms. The van der Waals surface area contributed by atoms with Gasteiger partial charge in [-0.2, -0.15) is 0 Å². The first-order valence-electron chi connectivity index (χ1n) is 0.996. The third-order valence-corrected chi connectivity index (χ3v) is 0. The van der Waals surface area contributed by atoms with Gasteiger partial charge >= 0.3 is 29.6 Å². The molecule has 44 valence electrons. The molecule has 4 nitrogen and oxygen atoms in total. The maximum absolute atomic E-state index is 8.93. The van der Waals surface area contributed by atoms with Crippen LogP contribution >= 0.6 is 0 Å². The second-order valence-electron chi connectivity index (χ2n) is 0.289. The van der Waals surface area contributed by atoms with E-state index in [4.69, 9.17) is 5.11 Å². The van der Waals surface area contributed by atoms with E-state index in [2.05, 4.69) is 0 Å². The van der Waals surface area contributed by atoms with Gasteiger partial charge in [-0.1, -0.05) is 6.92 Å². The molecular weight excluding hydrogens is 111 g/mol. The van der Waals surface area contributed by atoms with E-state index in [1.54, 1.807) is 6.92 Å². The van der Waals surface area contributed by atoms with Gasteiger partial charge in [0.1, 0.15) is 0 Å². The first-order chi connectivity index (χ1) is 1.41. The van der Waals surface area contributed by atoms with Crippen LogP contribution in [0.4, 0.5) is 0 Å². The quantitative estimate of drug-likeness (QED) is 0.292. The molecule has 0 aromatic carbocycles. The van der Waals surface area contributed by atoms with Gasteiger partial charge in [0.15, 0.2) is 0 Å². The summed E-state index contributed by atoms with van der Waals surface area (Å²) in [4.78, 5) is 0. The summed E-state index contributed by atoms with van der Waals surface area (Å²) in [6.07, 6.45) is 0. The van der Waals surface area contributed by atoms with Crippen LogP contribution < -0.4 is 34.7 Å². The molecule has 0 atom stereocenters. The van der Waals surface area contributed by atoms with Gasteiger partial charge in [0.05, 0.1) is 0 Å². The maximum Gasteiger partial charge on any atom is 1.00 e. The van der Waals surface area contributed by atoms with Crippen molar-refractivity contribution in [2.75, 3.05) is 6.61 Å². The van der Waals surface area contributed by atoms with Crippen molar-refractivity contribution in [3.63, 3.8) is 0 Å². The van der Waals surface area contributed by atoms with Gasteiger partial charge in [0, 0.05) is 0 Å². The number of rotatable bonds is 0. The van der Waals surface area contributed by atoms with Crippen molar-refractivity contribution < 1.29 is 51.1 Å². The van der Waals surface area contributed by atoms with Crippen molar-refractivity contribution in [1.82, 2.24) is 0 Å². The molecule has 0 aromatic heterocycles. The molecule has 0 unspecified atom stereocenters. The Kier molecular flexibility index (Phi) is 448. The minimum atomic E-state index is 0. The van der Waals surface area contributed by atoms with Crippen LogP contribution in [0.1, 0.15) is 6.92 Å². The summed E-state index contributed by atoms with van der Waals surface area (Å²) in [6.45, 7) is 1.57. The van der Waals surface area contributed by atoms with Crippen LogP contribution in [-0.2, 0) is 0 Å². The first kappa shape index (κ1) is 45.5. The second kappa shape index (κ2) is 68.9. The van der Waals surface area contributed by atoms with Gasteiger partial charge in [-0.3, -0.25) is 0 Å². The third-order valence-electron chi connectivity index (χ3n) is 0. The Morgan fingerprint density at radius 3 is 1.14 bits per heavy atom. The van der Waals surface area contributed by atoms with Gasteiger partial charge < -0.3 is 21.5 Å². The second-order valence-corrected chi connectivity index (χ2v) is 0.289. The molecule has 0 fully saturated rings. The van der Waals surface area contributed by atoms with Crippen molar-refractivity contribution in [3.8, 4) is 0 Å². The zero-order valence-electron chi connectivity index (χ0n) is 4.62. The minimum absolute atomic E-state index is 0. The molecule has 0 saturated heterocycles. The summed E-state index contributed by atoms with van der Waals surface area (Å²) in [5, 5.41) is 8.93. The molecule has 0 aliphatic rings. The third kappa shape index (κ3) is 227. The molecule has 7 heavy (non-hydrogen) atoms. The van der Waals surface area contributed by atoms with Crippen molar-refractivity contribution in [2.24, 2.45) is 0 Å². The molecule has 0 aromatic rings. The van der Waals surface area contributed by atoms with Crippen LogP contribution in [0.15, 0.2) is 0 Å². The Labute approximate surface area is 64.8 Å². The smallest absolute Gasteiger partial charge is 0.855 e. The minimum Gasteiger partial charge on any atom is -0.855 e. The molecule has 6 N–H and O–H groups in total. The van der Waals surface area contributed by atoms with Crippen molar-refractivity contribution in [1.29, 1.82) is 0 Å². The zero-order valence-corrected chi connectivity index (χ0v) is 6.62. The zero-order chi connectivity index (χ0) is 2.71. The Morgan fingerprint density at radius 2 is 1.14 bits per heavy atom. The van der Waals surface area contributed by atoms with Crippen LogP contribution in [0.2, 0.25) is 0 Å². The normalized spacial score (nSPS) is 2.57. The fraction of sp³-hybridized carbons (Fsp3) is 1.00. The van der Waals surface area contributed by atoms with Crippen LogP contribution in [0.25, 0.3) is 0 Å². The Balaban J connectivity index is -0.00000000333. The van der Waals surface area contributed by atoms with Gasteiger partial charge in [-0.15, -0.1) is 6.61 Å². The van der Waals surface area contributed by atoms with E-state index < -0.39 is 0 Å². The van der Waals surface area contributed by atoms with Gasteiger partial charge in [0.2, 0.25) is 0 Å². The van der Waals surface area contributed by atoms with Crippen LogP contribution in [0.5, 0.6) is 0 Å². The predicted octanol–water partition coefficient (Wildman–Crippen LogP) is -6.10. The molecule has 0 spiro atoms. The average Bonchev–Trinajstić information content (AvgIpc) is 0.918. The SMILES string of the molecule is CC[O-].O.O.O.[Na+]. The summed E-state index contributed by atoms with van der Waals surface area (Å²) in [6, 6.07) is 0. The fourth-order valence-corrected chi connectivity index (χ4v) is 0. The number of hydrogen-bond donors (Lipinski definition) is 0. The summed E-state index contributed by atoms with van der Waals surface area (Å²) in [5.41, 5.74) is 0. The summed E-state index contributed by atoms with van der Waals surface area (Å²) in [5.74, 6) is 0. The largest absolute Gasteiger partial charge is 1.00 e. The maximum atomic E-state index is 8.93. The first-order valence-corrected chi connectivity index (χ1v) is 0.996. The summed E-state index contributed by atoms with van der Waals surface area (Å²) in [7, 11) is 0. The van der Waals surface area contributed by atoms with Gasteiger partial charge in [0.25, 0.3) is 0 Å². The molecule has 0 saturated carbocycles. The fourth-order valence-electron chi connectivity index (χ4n) is 0. The Morgan fingerprint density at radius 1 is 1.14 bits per heavy atom. The Hall–Kier alpha value is 0.840. The van der Waals surface area contributed by atoms with Crippen molar-refractivity contribution >= 4 is 0 Å². The van der Waals surface area contributed by atoms with E-state index in [0.29, 0.717) is 0 Å². The van der Waals surface area contributed by atoms with E-state index in [0.717, 1.165) is 0 Å². The van der Waals surface area contributed by atoms with E-state index in [1.807, 2.05) is 0 Å². The standard InChI is InChI=1S/C2H5O.Na.3H2O/c1-2-3;;;;/h2H2,1H3;;3*1H2/q-1;+1;;;. The van der Waals surface area contributed by atoms with Gasteiger partial charge in [-0.05, 0) is 0 Å². The molecule has 0 radical (unpaired) electrons. The monoisotopic (exact) mass is 122 g/mol. The van der Waals surface area contributed by atoms with Crippen LogP contribution in [0.3, 0.4) is 0 Å². The van der Waals surface area contributed by atoms with E-state index in [-0.39, 0.29) is 52.6 Å². The predicted molar refractivity (Wildman–Crippen MR) is 21.4 cm³/mol. The Bertz CT molecular complexity index is 9.65. The molecule has 0 aliphatic heterocycles. The molecule has 0 aliphatic carbocycles. The summed E-state index contributed by atoms with van der Waals surface area (Å²) >= 11 is 0. The molecule has 0 bridgehead atoms. The van der Waals surface area contributed by atoms with E-state index in [9.17, 15) is 0 Å². The average molecular weight is 122 g/mol. The molecular formula is C2H11NaO4. The molecule has 0 heterocycles. The van der Waals surface area contributed by atoms with Crippen LogP contribution in [-0.4, -0.2) is 23.0 Å². The van der Waals surface area contributed by atoms with E-state index >= 15 is 0 Å². The van der Waals surface area contributed by atoms with Crippen LogP contribution in [0, 0.1) is 0 Å². The number of hydrogen-bond acceptors (Lipinski definition) is 1. The molecule has 0 rings (SSSR count).